The number of carbonyl (C=O) groups is 2. The highest BCUT2D eigenvalue weighted by molar-refractivity contribution is 6.29. The average molecular weight is 322 g/mol. The van der Waals surface area contributed by atoms with Crippen molar-refractivity contribution in [2.75, 3.05) is 6.54 Å². The fraction of sp³-hybridized carbons (Fsp3) is 0.250. The smallest absolute Gasteiger partial charge is 0.308 e. The molecule has 0 fully saturated rings. The summed E-state index contributed by atoms with van der Waals surface area (Å²) in [4.78, 5) is 23.2. The van der Waals surface area contributed by atoms with E-state index < -0.39 is 17.8 Å². The van der Waals surface area contributed by atoms with Gasteiger partial charge in [-0.15, -0.1) is 0 Å². The summed E-state index contributed by atoms with van der Waals surface area (Å²) in [5, 5.41) is 12.0. The summed E-state index contributed by atoms with van der Waals surface area (Å²) in [5.74, 6) is -2.09. The standard InChI is InChI=1S/C16H16ClNO4/c1-10-3-2-4-11(7-10)8-12(16(20)21)9-18-15(19)13-5-6-14(17)22-13/h2-7,12H,8-9H2,1H3,(H,18,19)(H,20,21). The minimum Gasteiger partial charge on any atom is -0.481 e. The first-order chi connectivity index (χ1) is 10.5. The van der Waals surface area contributed by atoms with Gasteiger partial charge in [-0.2, -0.15) is 0 Å². The van der Waals surface area contributed by atoms with Gasteiger partial charge < -0.3 is 14.8 Å². The maximum Gasteiger partial charge on any atom is 0.308 e. The van der Waals surface area contributed by atoms with Gasteiger partial charge in [-0.1, -0.05) is 29.8 Å². The van der Waals surface area contributed by atoms with Crippen LogP contribution in [0, 0.1) is 12.8 Å². The topological polar surface area (TPSA) is 79.5 Å². The lowest BCUT2D eigenvalue weighted by molar-refractivity contribution is -0.141. The first kappa shape index (κ1) is 16.1. The van der Waals surface area contributed by atoms with Gasteiger partial charge in [0.2, 0.25) is 0 Å². The summed E-state index contributed by atoms with van der Waals surface area (Å²) in [6.07, 6.45) is 0.343. The van der Waals surface area contributed by atoms with Gasteiger partial charge >= 0.3 is 5.97 Å². The normalized spacial score (nSPS) is 11.9. The largest absolute Gasteiger partial charge is 0.481 e. The lowest BCUT2D eigenvalue weighted by Crippen LogP contribution is -2.33. The van der Waals surface area contributed by atoms with E-state index in [1.165, 1.54) is 12.1 Å². The maximum absolute atomic E-state index is 11.8. The lowest BCUT2D eigenvalue weighted by atomic mass is 9.98. The highest BCUT2D eigenvalue weighted by Crippen LogP contribution is 2.14. The fourth-order valence-electron chi connectivity index (χ4n) is 2.11. The molecule has 1 unspecified atom stereocenters. The molecule has 1 atom stereocenters. The number of carboxylic acid groups (broad SMARTS) is 1. The zero-order valence-corrected chi connectivity index (χ0v) is 12.8. The number of amides is 1. The maximum atomic E-state index is 11.8. The predicted molar refractivity (Wildman–Crippen MR) is 82.1 cm³/mol. The number of aryl methyl sites for hydroxylation is 1. The summed E-state index contributed by atoms with van der Waals surface area (Å²) in [7, 11) is 0. The van der Waals surface area contributed by atoms with Gasteiger partial charge in [-0.3, -0.25) is 9.59 Å². The third kappa shape index (κ3) is 4.36. The van der Waals surface area contributed by atoms with Crippen molar-refractivity contribution in [3.63, 3.8) is 0 Å². The van der Waals surface area contributed by atoms with Crippen molar-refractivity contribution in [3.8, 4) is 0 Å². The molecule has 0 saturated carbocycles. The number of halogens is 1. The van der Waals surface area contributed by atoms with E-state index in [1.807, 2.05) is 31.2 Å². The van der Waals surface area contributed by atoms with Crippen molar-refractivity contribution in [2.45, 2.75) is 13.3 Å². The number of rotatable bonds is 6. The van der Waals surface area contributed by atoms with E-state index in [2.05, 4.69) is 5.32 Å². The summed E-state index contributed by atoms with van der Waals surface area (Å²) in [5.41, 5.74) is 1.98. The van der Waals surface area contributed by atoms with Crippen molar-refractivity contribution >= 4 is 23.5 Å². The van der Waals surface area contributed by atoms with Gasteiger partial charge in [-0.25, -0.2) is 0 Å². The molecule has 0 aliphatic heterocycles. The summed E-state index contributed by atoms with van der Waals surface area (Å²) >= 11 is 5.60. The van der Waals surface area contributed by atoms with Crippen molar-refractivity contribution < 1.29 is 19.1 Å². The number of nitrogens with one attached hydrogen (secondary N) is 1. The summed E-state index contributed by atoms with van der Waals surface area (Å²) in [6, 6.07) is 10.5. The van der Waals surface area contributed by atoms with Crippen LogP contribution < -0.4 is 5.32 Å². The van der Waals surface area contributed by atoms with E-state index in [4.69, 9.17) is 16.0 Å². The van der Waals surface area contributed by atoms with Crippen LogP contribution in [0.15, 0.2) is 40.8 Å². The van der Waals surface area contributed by atoms with Crippen LogP contribution in [0.2, 0.25) is 5.22 Å². The second-order valence-electron chi connectivity index (χ2n) is 5.04. The van der Waals surface area contributed by atoms with Crippen LogP contribution in [-0.4, -0.2) is 23.5 Å². The van der Waals surface area contributed by atoms with E-state index in [1.54, 1.807) is 0 Å². The lowest BCUT2D eigenvalue weighted by Gasteiger charge is -2.13. The molecule has 0 radical (unpaired) electrons. The monoisotopic (exact) mass is 321 g/mol. The molecule has 2 rings (SSSR count). The van der Waals surface area contributed by atoms with Gasteiger partial charge in [0.15, 0.2) is 11.0 Å². The number of carboxylic acids is 1. The molecular weight excluding hydrogens is 306 g/mol. The SMILES string of the molecule is Cc1cccc(CC(CNC(=O)c2ccc(Cl)o2)C(=O)O)c1. The number of benzene rings is 1. The third-order valence-electron chi connectivity index (χ3n) is 3.22. The highest BCUT2D eigenvalue weighted by atomic mass is 35.5. The Labute approximate surface area is 132 Å². The number of hydrogen-bond donors (Lipinski definition) is 2. The van der Waals surface area contributed by atoms with Crippen LogP contribution in [-0.2, 0) is 11.2 Å². The van der Waals surface area contributed by atoms with Crippen LogP contribution in [0.3, 0.4) is 0 Å². The fourth-order valence-corrected chi connectivity index (χ4v) is 2.26. The Morgan fingerprint density at radius 1 is 1.32 bits per heavy atom. The molecule has 1 aromatic heterocycles. The molecule has 5 nitrogen and oxygen atoms in total. The molecule has 0 saturated heterocycles. The molecule has 0 aliphatic carbocycles. The zero-order chi connectivity index (χ0) is 16.1. The molecule has 2 aromatic rings. The Bertz CT molecular complexity index is 680. The predicted octanol–water partition coefficient (Wildman–Crippen LogP) is 2.91. The quantitative estimate of drug-likeness (QED) is 0.857. The summed E-state index contributed by atoms with van der Waals surface area (Å²) in [6.45, 7) is 1.96. The van der Waals surface area contributed by atoms with E-state index in [0.29, 0.717) is 6.42 Å². The molecule has 1 amide bonds. The van der Waals surface area contributed by atoms with Gasteiger partial charge in [0.25, 0.3) is 5.91 Å². The minimum absolute atomic E-state index is 0.0143. The van der Waals surface area contributed by atoms with Crippen LogP contribution in [0.5, 0.6) is 0 Å². The molecule has 2 N–H and O–H groups in total. The average Bonchev–Trinajstić information content (AvgIpc) is 2.89. The molecule has 0 spiro atoms. The zero-order valence-electron chi connectivity index (χ0n) is 12.0. The first-order valence-electron chi connectivity index (χ1n) is 6.77. The van der Waals surface area contributed by atoms with Crippen molar-refractivity contribution in [3.05, 3.63) is 58.5 Å². The van der Waals surface area contributed by atoms with Gasteiger partial charge in [0, 0.05) is 6.54 Å². The van der Waals surface area contributed by atoms with Gasteiger partial charge in [0.1, 0.15) is 0 Å². The van der Waals surface area contributed by atoms with Crippen LogP contribution >= 0.6 is 11.6 Å². The van der Waals surface area contributed by atoms with Gasteiger partial charge in [-0.05, 0) is 42.6 Å². The highest BCUT2D eigenvalue weighted by Gasteiger charge is 2.20. The first-order valence-corrected chi connectivity index (χ1v) is 7.15. The number of hydrogen-bond acceptors (Lipinski definition) is 3. The Hall–Kier alpha value is -2.27. The second-order valence-corrected chi connectivity index (χ2v) is 5.41. The van der Waals surface area contributed by atoms with Crippen molar-refractivity contribution in [2.24, 2.45) is 5.92 Å². The van der Waals surface area contributed by atoms with Crippen molar-refractivity contribution in [1.82, 2.24) is 5.32 Å². The van der Waals surface area contributed by atoms with E-state index in [-0.39, 0.29) is 17.5 Å². The van der Waals surface area contributed by atoms with E-state index >= 15 is 0 Å². The second kappa shape index (κ2) is 7.13. The number of aliphatic carboxylic acids is 1. The van der Waals surface area contributed by atoms with Gasteiger partial charge in [0.05, 0.1) is 5.92 Å². The number of furan rings is 1. The van der Waals surface area contributed by atoms with Crippen molar-refractivity contribution in [1.29, 1.82) is 0 Å². The van der Waals surface area contributed by atoms with Crippen LogP contribution in [0.1, 0.15) is 21.7 Å². The molecule has 0 bridgehead atoms. The van der Waals surface area contributed by atoms with Crippen LogP contribution in [0.25, 0.3) is 0 Å². The minimum atomic E-state index is -0.959. The van der Waals surface area contributed by atoms with E-state index in [0.717, 1.165) is 11.1 Å². The molecule has 0 aliphatic rings. The molecule has 22 heavy (non-hydrogen) atoms. The summed E-state index contributed by atoms with van der Waals surface area (Å²) < 4.78 is 4.98. The Morgan fingerprint density at radius 3 is 2.68 bits per heavy atom. The molecule has 1 aromatic carbocycles. The van der Waals surface area contributed by atoms with Crippen LogP contribution in [0.4, 0.5) is 0 Å². The molecule has 6 heteroatoms. The molecular formula is C16H16ClNO4. The molecule has 1 heterocycles. The Kier molecular flexibility index (Phi) is 5.22. The van der Waals surface area contributed by atoms with E-state index in [9.17, 15) is 14.7 Å². The Morgan fingerprint density at radius 2 is 2.09 bits per heavy atom. The number of carbonyl (C=O) groups excluding carboxylic acids is 1. The Balaban J connectivity index is 1.97. The third-order valence-corrected chi connectivity index (χ3v) is 3.42. The molecule has 116 valence electrons.